The third-order valence-corrected chi connectivity index (χ3v) is 3.44. The van der Waals surface area contributed by atoms with Gasteiger partial charge in [-0.05, 0) is 26.3 Å². The lowest BCUT2D eigenvalue weighted by molar-refractivity contribution is 0.0711. The zero-order valence-corrected chi connectivity index (χ0v) is 8.87. The molecule has 2 unspecified atom stereocenters. The number of amidine groups is 1. The molecule has 0 aromatic carbocycles. The molecule has 2 rings (SSSR count). The molecule has 0 aliphatic carbocycles. The summed E-state index contributed by atoms with van der Waals surface area (Å²) < 4.78 is 0. The van der Waals surface area contributed by atoms with Gasteiger partial charge in [0.1, 0.15) is 5.84 Å². The van der Waals surface area contributed by atoms with Crippen LogP contribution >= 0.6 is 0 Å². The topological polar surface area (TPSA) is 56.4 Å². The van der Waals surface area contributed by atoms with Gasteiger partial charge in [0, 0.05) is 25.2 Å². The minimum atomic E-state index is 0.295. The van der Waals surface area contributed by atoms with E-state index in [1.807, 2.05) is 0 Å². The average Bonchev–Trinajstić information content (AvgIpc) is 2.51. The maximum Gasteiger partial charge on any atom is 0.105 e. The van der Waals surface area contributed by atoms with Crippen LogP contribution in [0.5, 0.6) is 0 Å². The molecule has 2 saturated heterocycles. The summed E-state index contributed by atoms with van der Waals surface area (Å²) in [4.78, 5) is 4.93. The molecule has 0 aromatic heterocycles. The summed E-state index contributed by atoms with van der Waals surface area (Å²) in [5, 5.41) is 7.33. The molecule has 4 heteroatoms. The van der Waals surface area contributed by atoms with Gasteiger partial charge in [-0.3, -0.25) is 15.2 Å². The van der Waals surface area contributed by atoms with Crippen LogP contribution in [0.25, 0.3) is 0 Å². The maximum absolute atomic E-state index is 7.33. The smallest absolute Gasteiger partial charge is 0.105 e. The van der Waals surface area contributed by atoms with Crippen LogP contribution in [-0.2, 0) is 0 Å². The van der Waals surface area contributed by atoms with Gasteiger partial charge < -0.3 is 5.73 Å². The highest BCUT2D eigenvalue weighted by Gasteiger charge is 2.34. The third kappa shape index (κ3) is 1.91. The number of piperazine rings is 1. The fraction of sp³-hybridized carbons (Fsp3) is 0.900. The second-order valence-corrected chi connectivity index (χ2v) is 4.59. The van der Waals surface area contributed by atoms with Crippen LogP contribution in [0, 0.1) is 5.41 Å². The second kappa shape index (κ2) is 3.87. The maximum atomic E-state index is 7.33. The summed E-state index contributed by atoms with van der Waals surface area (Å²) in [6.07, 6.45) is 2.66. The summed E-state index contributed by atoms with van der Waals surface area (Å²) in [6, 6.07) is 1.28. The van der Waals surface area contributed by atoms with Crippen LogP contribution in [0.2, 0.25) is 0 Å². The van der Waals surface area contributed by atoms with E-state index in [4.69, 9.17) is 11.1 Å². The Morgan fingerprint density at radius 3 is 3.00 bits per heavy atom. The van der Waals surface area contributed by atoms with E-state index in [0.29, 0.717) is 18.4 Å². The molecule has 2 fully saturated rings. The number of hydrogen-bond acceptors (Lipinski definition) is 3. The number of nitrogens with two attached hydrogens (primary N) is 1. The average molecular weight is 196 g/mol. The molecule has 2 aliphatic heterocycles. The fourth-order valence-electron chi connectivity index (χ4n) is 2.69. The van der Waals surface area contributed by atoms with E-state index in [0.717, 1.165) is 19.1 Å². The Kier molecular flexibility index (Phi) is 2.74. The van der Waals surface area contributed by atoms with Crippen molar-refractivity contribution in [3.05, 3.63) is 0 Å². The zero-order chi connectivity index (χ0) is 10.1. The predicted octanol–water partition coefficient (Wildman–Crippen LogP) is 0.0909. The molecule has 14 heavy (non-hydrogen) atoms. The van der Waals surface area contributed by atoms with E-state index in [9.17, 15) is 0 Å². The van der Waals surface area contributed by atoms with E-state index in [1.54, 1.807) is 0 Å². The molecule has 3 N–H and O–H groups in total. The van der Waals surface area contributed by atoms with E-state index in [-0.39, 0.29) is 0 Å². The minimum Gasteiger partial charge on any atom is -0.387 e. The molecular weight excluding hydrogens is 176 g/mol. The molecule has 0 saturated carbocycles. The van der Waals surface area contributed by atoms with Crippen LogP contribution in [0.4, 0.5) is 0 Å². The van der Waals surface area contributed by atoms with Gasteiger partial charge in [-0.15, -0.1) is 0 Å². The Hall–Kier alpha value is -0.610. The van der Waals surface area contributed by atoms with E-state index >= 15 is 0 Å². The molecular formula is C10H20N4. The van der Waals surface area contributed by atoms with E-state index in [2.05, 4.69) is 16.7 Å². The highest BCUT2D eigenvalue weighted by molar-refractivity contribution is 5.79. The monoisotopic (exact) mass is 196 g/mol. The van der Waals surface area contributed by atoms with Crippen LogP contribution in [0.3, 0.4) is 0 Å². The molecule has 80 valence electrons. The van der Waals surface area contributed by atoms with Crippen molar-refractivity contribution in [3.63, 3.8) is 0 Å². The van der Waals surface area contributed by atoms with Crippen molar-refractivity contribution in [2.45, 2.75) is 31.8 Å². The van der Waals surface area contributed by atoms with Gasteiger partial charge in [-0.2, -0.15) is 0 Å². The molecule has 0 spiro atoms. The summed E-state index contributed by atoms with van der Waals surface area (Å²) in [6.45, 7) is 6.39. The normalized spacial score (nSPS) is 34.4. The molecule has 2 atom stereocenters. The van der Waals surface area contributed by atoms with Gasteiger partial charge in [0.25, 0.3) is 0 Å². The van der Waals surface area contributed by atoms with Gasteiger partial charge in [0.2, 0.25) is 0 Å². The van der Waals surface area contributed by atoms with Crippen molar-refractivity contribution in [3.8, 4) is 0 Å². The second-order valence-electron chi connectivity index (χ2n) is 4.59. The molecule has 4 nitrogen and oxygen atoms in total. The first-order chi connectivity index (χ1) is 6.66. The SMILES string of the molecule is CC1CN2CCCC2CN1CC(=N)N. The largest absolute Gasteiger partial charge is 0.387 e. The van der Waals surface area contributed by atoms with Gasteiger partial charge in [-0.25, -0.2) is 0 Å². The minimum absolute atomic E-state index is 0.295. The molecule has 2 heterocycles. The Morgan fingerprint density at radius 1 is 1.50 bits per heavy atom. The van der Waals surface area contributed by atoms with E-state index in [1.165, 1.54) is 19.4 Å². The number of hydrogen-bond donors (Lipinski definition) is 2. The molecule has 0 amide bonds. The molecule has 2 aliphatic rings. The first kappa shape index (κ1) is 9.93. The van der Waals surface area contributed by atoms with Crippen molar-refractivity contribution in [2.24, 2.45) is 5.73 Å². The number of nitrogens with one attached hydrogen (secondary N) is 1. The highest BCUT2D eigenvalue weighted by atomic mass is 15.3. The molecule has 0 aromatic rings. The third-order valence-electron chi connectivity index (χ3n) is 3.44. The molecule has 0 bridgehead atoms. The summed E-state index contributed by atoms with van der Waals surface area (Å²) in [5.74, 6) is 0.295. The Morgan fingerprint density at radius 2 is 2.29 bits per heavy atom. The lowest BCUT2D eigenvalue weighted by atomic mass is 10.1. The Bertz CT molecular complexity index is 228. The number of fused-ring (bicyclic) bond motifs is 1. The van der Waals surface area contributed by atoms with Gasteiger partial charge >= 0.3 is 0 Å². The van der Waals surface area contributed by atoms with Crippen LogP contribution < -0.4 is 5.73 Å². The van der Waals surface area contributed by atoms with Crippen LogP contribution in [-0.4, -0.2) is 53.9 Å². The Balaban J connectivity index is 1.95. The first-order valence-corrected chi connectivity index (χ1v) is 5.48. The number of rotatable bonds is 2. The highest BCUT2D eigenvalue weighted by Crippen LogP contribution is 2.23. The van der Waals surface area contributed by atoms with Crippen molar-refractivity contribution in [2.75, 3.05) is 26.2 Å². The van der Waals surface area contributed by atoms with Crippen molar-refractivity contribution in [1.29, 1.82) is 5.41 Å². The zero-order valence-electron chi connectivity index (χ0n) is 8.87. The van der Waals surface area contributed by atoms with Crippen molar-refractivity contribution in [1.82, 2.24) is 9.80 Å². The summed E-state index contributed by atoms with van der Waals surface area (Å²) in [5.41, 5.74) is 5.45. The van der Waals surface area contributed by atoms with Gasteiger partial charge in [0.05, 0.1) is 6.54 Å². The summed E-state index contributed by atoms with van der Waals surface area (Å²) in [7, 11) is 0. The van der Waals surface area contributed by atoms with Gasteiger partial charge in [-0.1, -0.05) is 0 Å². The van der Waals surface area contributed by atoms with Crippen molar-refractivity contribution < 1.29 is 0 Å². The number of nitrogens with zero attached hydrogens (tertiary/aromatic N) is 2. The van der Waals surface area contributed by atoms with Crippen LogP contribution in [0.15, 0.2) is 0 Å². The van der Waals surface area contributed by atoms with Crippen molar-refractivity contribution >= 4 is 5.84 Å². The predicted molar refractivity (Wildman–Crippen MR) is 57.5 cm³/mol. The first-order valence-electron chi connectivity index (χ1n) is 5.48. The molecule has 0 radical (unpaired) electrons. The standard InChI is InChI=1S/C10H20N4/c1-8-5-13-4-2-3-9(13)6-14(8)7-10(11)12/h8-9H,2-7H2,1H3,(H3,11,12). The quantitative estimate of drug-likeness (QED) is 0.486. The fourth-order valence-corrected chi connectivity index (χ4v) is 2.69. The summed E-state index contributed by atoms with van der Waals surface area (Å²) >= 11 is 0. The van der Waals surface area contributed by atoms with Crippen LogP contribution in [0.1, 0.15) is 19.8 Å². The lowest BCUT2D eigenvalue weighted by Gasteiger charge is -2.42. The Labute approximate surface area is 85.6 Å². The van der Waals surface area contributed by atoms with Gasteiger partial charge in [0.15, 0.2) is 0 Å². The van der Waals surface area contributed by atoms with E-state index < -0.39 is 0 Å². The lowest BCUT2D eigenvalue weighted by Crippen LogP contribution is -2.56.